The van der Waals surface area contributed by atoms with Gasteiger partial charge >= 0.3 is 0 Å². The van der Waals surface area contributed by atoms with Gasteiger partial charge in [-0.15, -0.1) is 0 Å². The number of carbonyl (C=O) groups is 1. The van der Waals surface area contributed by atoms with Crippen LogP contribution in [0.2, 0.25) is 0 Å². The van der Waals surface area contributed by atoms with Gasteiger partial charge in [-0.1, -0.05) is 18.2 Å². The molecule has 5 rings (SSSR count). The fourth-order valence-electron chi connectivity index (χ4n) is 4.47. The molecule has 1 N–H and O–H groups in total. The number of piperidine rings is 1. The van der Waals surface area contributed by atoms with Gasteiger partial charge in [0.05, 0.1) is 29.2 Å². The number of imidazole rings is 1. The van der Waals surface area contributed by atoms with Gasteiger partial charge in [0.2, 0.25) is 5.91 Å². The van der Waals surface area contributed by atoms with Crippen molar-refractivity contribution in [3.63, 3.8) is 0 Å². The van der Waals surface area contributed by atoms with Gasteiger partial charge in [0, 0.05) is 43.4 Å². The largest absolute Gasteiger partial charge is 0.343 e. The van der Waals surface area contributed by atoms with Gasteiger partial charge in [-0.2, -0.15) is 0 Å². The van der Waals surface area contributed by atoms with Crippen molar-refractivity contribution in [1.82, 2.24) is 24.4 Å². The number of hydrogen-bond acceptors (Lipinski definition) is 5. The predicted molar refractivity (Wildman–Crippen MR) is 129 cm³/mol. The van der Waals surface area contributed by atoms with Crippen molar-refractivity contribution in [2.75, 3.05) is 18.4 Å². The molecular weight excluding hydrogens is 412 g/mol. The average Bonchev–Trinajstić information content (AvgIpc) is 3.26. The van der Waals surface area contributed by atoms with E-state index in [-0.39, 0.29) is 5.91 Å². The molecule has 1 aromatic carbocycles. The Bertz CT molecular complexity index is 1240. The molecule has 1 saturated heterocycles. The molecule has 0 atom stereocenters. The van der Waals surface area contributed by atoms with Crippen LogP contribution in [-0.2, 0) is 11.3 Å². The van der Waals surface area contributed by atoms with Crippen LogP contribution in [0.3, 0.4) is 0 Å². The summed E-state index contributed by atoms with van der Waals surface area (Å²) in [6.45, 7) is 4.19. The molecule has 1 fully saturated rings. The van der Waals surface area contributed by atoms with E-state index in [0.29, 0.717) is 18.9 Å². The lowest BCUT2D eigenvalue weighted by Gasteiger charge is -2.32. The first-order valence-electron chi connectivity index (χ1n) is 11.5. The number of amides is 1. The minimum absolute atomic E-state index is 0.212. The molecule has 7 heteroatoms. The highest BCUT2D eigenvalue weighted by Crippen LogP contribution is 2.28. The number of fused-ring (bicyclic) bond motifs is 1. The molecule has 3 aromatic heterocycles. The predicted octanol–water partition coefficient (Wildman–Crippen LogP) is 4.67. The standard InChI is InChI=1S/C26H28N6O/c1-19-5-4-8-25(29-19)30-21-9-10-22(27-17-21)20-11-14-31(15-12-20)26(33)13-16-32-18-28-23-6-2-3-7-24(23)32/h2-10,17-18,20H,11-16H2,1H3,(H,29,30). The molecule has 1 aliphatic rings. The fourth-order valence-corrected chi connectivity index (χ4v) is 4.47. The Morgan fingerprint density at radius 1 is 1.03 bits per heavy atom. The highest BCUT2D eigenvalue weighted by Gasteiger charge is 2.24. The third-order valence-electron chi connectivity index (χ3n) is 6.31. The van der Waals surface area contributed by atoms with E-state index in [0.717, 1.165) is 59.9 Å². The van der Waals surface area contributed by atoms with Crippen molar-refractivity contribution in [3.8, 4) is 0 Å². The van der Waals surface area contributed by atoms with Gasteiger partial charge in [-0.25, -0.2) is 9.97 Å². The van der Waals surface area contributed by atoms with E-state index in [4.69, 9.17) is 0 Å². The van der Waals surface area contributed by atoms with Crippen molar-refractivity contribution in [2.45, 2.75) is 38.6 Å². The second kappa shape index (κ2) is 9.40. The van der Waals surface area contributed by atoms with Crippen LogP contribution < -0.4 is 5.32 Å². The van der Waals surface area contributed by atoms with E-state index in [1.165, 1.54) is 0 Å². The Morgan fingerprint density at radius 3 is 2.67 bits per heavy atom. The van der Waals surface area contributed by atoms with Gasteiger partial charge in [0.25, 0.3) is 0 Å². The second-order valence-corrected chi connectivity index (χ2v) is 8.59. The zero-order chi connectivity index (χ0) is 22.6. The van der Waals surface area contributed by atoms with Crippen molar-refractivity contribution in [1.29, 1.82) is 0 Å². The topological polar surface area (TPSA) is 75.9 Å². The van der Waals surface area contributed by atoms with Crippen LogP contribution in [0, 0.1) is 6.92 Å². The lowest BCUT2D eigenvalue weighted by atomic mass is 9.93. The third-order valence-corrected chi connectivity index (χ3v) is 6.31. The summed E-state index contributed by atoms with van der Waals surface area (Å²) in [5.74, 6) is 1.42. The summed E-state index contributed by atoms with van der Waals surface area (Å²) >= 11 is 0. The molecule has 168 valence electrons. The third kappa shape index (κ3) is 4.87. The maximum absolute atomic E-state index is 12.8. The van der Waals surface area contributed by atoms with Gasteiger partial charge in [0.1, 0.15) is 5.82 Å². The van der Waals surface area contributed by atoms with Gasteiger partial charge < -0.3 is 14.8 Å². The molecule has 0 spiro atoms. The first-order valence-corrected chi connectivity index (χ1v) is 11.5. The number of rotatable bonds is 6. The van der Waals surface area contributed by atoms with Crippen LogP contribution in [-0.4, -0.2) is 43.4 Å². The van der Waals surface area contributed by atoms with Gasteiger partial charge in [0.15, 0.2) is 0 Å². The Kier molecular flexibility index (Phi) is 6.02. The van der Waals surface area contributed by atoms with Crippen LogP contribution in [0.1, 0.15) is 36.6 Å². The van der Waals surface area contributed by atoms with E-state index in [2.05, 4.69) is 37.0 Å². The second-order valence-electron chi connectivity index (χ2n) is 8.59. The highest BCUT2D eigenvalue weighted by molar-refractivity contribution is 5.77. The number of nitrogens with one attached hydrogen (secondary N) is 1. The van der Waals surface area contributed by atoms with E-state index in [9.17, 15) is 4.79 Å². The Morgan fingerprint density at radius 2 is 1.88 bits per heavy atom. The highest BCUT2D eigenvalue weighted by atomic mass is 16.2. The molecule has 0 saturated carbocycles. The molecule has 0 unspecified atom stereocenters. The Balaban J connectivity index is 1.12. The molecule has 0 bridgehead atoms. The molecule has 4 aromatic rings. The van der Waals surface area contributed by atoms with Crippen LogP contribution in [0.4, 0.5) is 11.5 Å². The Labute approximate surface area is 193 Å². The zero-order valence-corrected chi connectivity index (χ0v) is 18.8. The molecule has 0 aliphatic carbocycles. The summed E-state index contributed by atoms with van der Waals surface area (Å²) in [4.78, 5) is 28.3. The number of aromatic nitrogens is 4. The lowest BCUT2D eigenvalue weighted by Crippen LogP contribution is -2.38. The van der Waals surface area contributed by atoms with Crippen molar-refractivity contribution < 1.29 is 4.79 Å². The summed E-state index contributed by atoms with van der Waals surface area (Å²) < 4.78 is 2.06. The van der Waals surface area contributed by atoms with Crippen LogP contribution >= 0.6 is 0 Å². The monoisotopic (exact) mass is 440 g/mol. The number of pyridine rings is 2. The van der Waals surface area contributed by atoms with Crippen molar-refractivity contribution >= 4 is 28.4 Å². The van der Waals surface area contributed by atoms with Crippen LogP contribution in [0.25, 0.3) is 11.0 Å². The molecule has 7 nitrogen and oxygen atoms in total. The van der Waals surface area contributed by atoms with Gasteiger partial charge in [-0.3, -0.25) is 9.78 Å². The van der Waals surface area contributed by atoms with E-state index < -0.39 is 0 Å². The summed E-state index contributed by atoms with van der Waals surface area (Å²) in [5.41, 5.74) is 5.04. The number of hydrogen-bond donors (Lipinski definition) is 1. The molecular formula is C26H28N6O. The lowest BCUT2D eigenvalue weighted by molar-refractivity contribution is -0.132. The molecule has 0 radical (unpaired) electrons. The summed E-state index contributed by atoms with van der Waals surface area (Å²) in [7, 11) is 0. The molecule has 1 amide bonds. The minimum atomic E-state index is 0.212. The summed E-state index contributed by atoms with van der Waals surface area (Å²) in [6, 6.07) is 18.1. The van der Waals surface area contributed by atoms with E-state index >= 15 is 0 Å². The number of likely N-dealkylation sites (tertiary alicyclic amines) is 1. The SMILES string of the molecule is Cc1cccc(Nc2ccc(C3CCN(C(=O)CCn4cnc5ccccc54)CC3)nc2)n1. The summed E-state index contributed by atoms with van der Waals surface area (Å²) in [6.07, 6.45) is 6.07. The zero-order valence-electron chi connectivity index (χ0n) is 18.8. The number of carbonyl (C=O) groups excluding carboxylic acids is 1. The first-order chi connectivity index (χ1) is 16.2. The number of aryl methyl sites for hydroxylation is 2. The Hall–Kier alpha value is -3.74. The maximum Gasteiger partial charge on any atom is 0.224 e. The number of anilines is 2. The normalized spacial score (nSPS) is 14.5. The average molecular weight is 441 g/mol. The van der Waals surface area contributed by atoms with E-state index in [1.807, 2.05) is 66.8 Å². The molecule has 33 heavy (non-hydrogen) atoms. The molecule has 1 aliphatic heterocycles. The minimum Gasteiger partial charge on any atom is -0.343 e. The van der Waals surface area contributed by atoms with Gasteiger partial charge in [-0.05, 0) is 56.2 Å². The smallest absolute Gasteiger partial charge is 0.224 e. The maximum atomic E-state index is 12.8. The first kappa shape index (κ1) is 21.1. The number of nitrogens with zero attached hydrogens (tertiary/aromatic N) is 5. The quantitative estimate of drug-likeness (QED) is 0.471. The van der Waals surface area contributed by atoms with Crippen LogP contribution in [0.15, 0.2) is 67.1 Å². The fraction of sp³-hybridized carbons (Fsp3) is 0.308. The number of para-hydroxylation sites is 2. The molecule has 4 heterocycles. The van der Waals surface area contributed by atoms with Crippen LogP contribution in [0.5, 0.6) is 0 Å². The summed E-state index contributed by atoms with van der Waals surface area (Å²) in [5, 5.41) is 3.30. The number of benzene rings is 1. The van der Waals surface area contributed by atoms with E-state index in [1.54, 1.807) is 0 Å². The van der Waals surface area contributed by atoms with Crippen molar-refractivity contribution in [3.05, 3.63) is 78.5 Å². The van der Waals surface area contributed by atoms with Crippen molar-refractivity contribution in [2.24, 2.45) is 0 Å².